The van der Waals surface area contributed by atoms with Gasteiger partial charge < -0.3 is 5.32 Å². The first-order chi connectivity index (χ1) is 16.5. The molecule has 1 aromatic heterocycles. The zero-order valence-corrected chi connectivity index (χ0v) is 21.9. The van der Waals surface area contributed by atoms with Gasteiger partial charge in [0.25, 0.3) is 10.1 Å². The van der Waals surface area contributed by atoms with Crippen LogP contribution >= 0.6 is 11.3 Å². The Bertz CT molecular complexity index is 1270. The third kappa shape index (κ3) is 9.30. The molecular weight excluding hydrogens is 495 g/mol. The summed E-state index contributed by atoms with van der Waals surface area (Å²) in [6.45, 7) is 5.34. The van der Waals surface area contributed by atoms with E-state index in [2.05, 4.69) is 28.3 Å². The molecule has 0 radical (unpaired) electrons. The van der Waals surface area contributed by atoms with Crippen molar-refractivity contribution in [2.24, 2.45) is 0 Å². The normalized spacial score (nSPS) is 11.5. The molecule has 3 aromatic rings. The van der Waals surface area contributed by atoms with Crippen molar-refractivity contribution in [2.75, 3.05) is 26.5 Å². The van der Waals surface area contributed by atoms with Crippen LogP contribution in [0.1, 0.15) is 42.2 Å². The minimum Gasteiger partial charge on any atom is -0.320 e. The first-order valence-corrected chi connectivity index (χ1v) is 13.8. The average Bonchev–Trinajstić information content (AvgIpc) is 3.11. The van der Waals surface area contributed by atoms with Crippen LogP contribution in [-0.4, -0.2) is 34.9 Å². The summed E-state index contributed by atoms with van der Waals surface area (Å²) in [5.74, 6) is 6.05. The van der Waals surface area contributed by atoms with E-state index >= 15 is 0 Å². The predicted molar refractivity (Wildman–Crippen MR) is 138 cm³/mol. The van der Waals surface area contributed by atoms with Gasteiger partial charge in [0.05, 0.1) is 18.4 Å². The van der Waals surface area contributed by atoms with Crippen LogP contribution < -0.4 is 5.32 Å². The Kier molecular flexibility index (Phi) is 10.8. The molecule has 0 atom stereocenters. The summed E-state index contributed by atoms with van der Waals surface area (Å²) in [5, 5.41) is 3.99. The van der Waals surface area contributed by atoms with Gasteiger partial charge in [0.2, 0.25) is 0 Å². The fraction of sp³-hybridized carbons (Fsp3) is 0.385. The third-order valence-corrected chi connectivity index (χ3v) is 6.51. The lowest BCUT2D eigenvalue weighted by Gasteiger charge is -2.08. The van der Waals surface area contributed by atoms with Gasteiger partial charge in [-0.15, -0.1) is 11.3 Å². The Hall–Kier alpha value is -2.38. The lowest BCUT2D eigenvalue weighted by molar-refractivity contribution is -0.137. The topological polar surface area (TPSA) is 55.4 Å². The van der Waals surface area contributed by atoms with Gasteiger partial charge in [0.15, 0.2) is 0 Å². The predicted octanol–water partition coefficient (Wildman–Crippen LogP) is 6.62. The van der Waals surface area contributed by atoms with Crippen molar-refractivity contribution < 1.29 is 25.8 Å². The lowest BCUT2D eigenvalue weighted by Crippen LogP contribution is -2.04. The van der Waals surface area contributed by atoms with Crippen molar-refractivity contribution in [3.8, 4) is 23.0 Å². The fourth-order valence-electron chi connectivity index (χ4n) is 3.27. The monoisotopic (exact) mass is 525 g/mol. The van der Waals surface area contributed by atoms with Crippen LogP contribution in [0.15, 0.2) is 42.5 Å². The number of benzene rings is 2. The molecule has 0 fully saturated rings. The standard InChI is InChI=1S/C22H19F3O3S2.C4H11N/c1-15-21(17-8-10-18(11-9-17)22(23,24)25)19-12-7-16(14-20(19)29-15)6-4-3-5-13-28-30(2,26)27;1-3-4-5-2/h7-12,14H,3,5,13H2,1-2H3;5H,3-4H2,1-2H3. The largest absolute Gasteiger partial charge is 0.416 e. The molecule has 190 valence electrons. The molecule has 0 spiro atoms. The Labute approximate surface area is 209 Å². The average molecular weight is 526 g/mol. The summed E-state index contributed by atoms with van der Waals surface area (Å²) in [5.41, 5.74) is 1.84. The minimum absolute atomic E-state index is 0.104. The van der Waals surface area contributed by atoms with Crippen molar-refractivity contribution in [3.63, 3.8) is 0 Å². The zero-order chi connectivity index (χ0) is 26.1. The number of hydrogen-bond donors (Lipinski definition) is 1. The summed E-state index contributed by atoms with van der Waals surface area (Å²) < 4.78 is 65.9. The Morgan fingerprint density at radius 2 is 1.80 bits per heavy atom. The zero-order valence-electron chi connectivity index (χ0n) is 20.3. The van der Waals surface area contributed by atoms with Crippen molar-refractivity contribution in [3.05, 3.63) is 58.5 Å². The lowest BCUT2D eigenvalue weighted by atomic mass is 10.00. The van der Waals surface area contributed by atoms with Gasteiger partial charge in [-0.2, -0.15) is 21.6 Å². The van der Waals surface area contributed by atoms with E-state index in [9.17, 15) is 21.6 Å². The SMILES string of the molecule is CCCNC.Cc1sc2cc(C#CCCCOS(C)(=O)=O)ccc2c1-c1ccc(C(F)(F)F)cc1. The van der Waals surface area contributed by atoms with Gasteiger partial charge in [-0.1, -0.05) is 37.0 Å². The Morgan fingerprint density at radius 3 is 2.34 bits per heavy atom. The van der Waals surface area contributed by atoms with Gasteiger partial charge in [0.1, 0.15) is 0 Å². The number of aryl methyl sites for hydroxylation is 1. The van der Waals surface area contributed by atoms with Gasteiger partial charge in [-0.05, 0) is 63.2 Å². The van der Waals surface area contributed by atoms with Crippen molar-refractivity contribution in [1.29, 1.82) is 0 Å². The Balaban J connectivity index is 0.000000784. The number of alkyl halides is 3. The molecule has 0 aliphatic rings. The molecule has 0 amide bonds. The number of fused-ring (bicyclic) bond motifs is 1. The molecular formula is C26H30F3NO3S2. The summed E-state index contributed by atoms with van der Waals surface area (Å²) in [6.07, 6.45) is -1.09. The van der Waals surface area contributed by atoms with E-state index in [1.165, 1.54) is 18.6 Å². The molecule has 1 N–H and O–H groups in total. The molecule has 0 bridgehead atoms. The Morgan fingerprint density at radius 1 is 1.11 bits per heavy atom. The highest BCUT2D eigenvalue weighted by Gasteiger charge is 2.30. The maximum absolute atomic E-state index is 12.8. The molecule has 1 heterocycles. The highest BCUT2D eigenvalue weighted by molar-refractivity contribution is 7.85. The second kappa shape index (κ2) is 13.1. The minimum atomic E-state index is -4.35. The number of unbranched alkanes of at least 4 members (excludes halogenated alkanes) is 1. The summed E-state index contributed by atoms with van der Waals surface area (Å²) in [6, 6.07) is 11.0. The van der Waals surface area contributed by atoms with Crippen LogP contribution in [0.5, 0.6) is 0 Å². The van der Waals surface area contributed by atoms with Gasteiger partial charge >= 0.3 is 6.18 Å². The van der Waals surface area contributed by atoms with Crippen LogP contribution in [0.4, 0.5) is 13.2 Å². The summed E-state index contributed by atoms with van der Waals surface area (Å²) in [4.78, 5) is 1.02. The van der Waals surface area contributed by atoms with E-state index in [1.807, 2.05) is 32.2 Å². The maximum Gasteiger partial charge on any atom is 0.416 e. The molecule has 0 unspecified atom stereocenters. The number of halogens is 3. The molecule has 4 nitrogen and oxygen atoms in total. The van der Waals surface area contributed by atoms with Crippen molar-refractivity contribution >= 4 is 31.5 Å². The van der Waals surface area contributed by atoms with Crippen LogP contribution in [0.2, 0.25) is 0 Å². The van der Waals surface area contributed by atoms with Crippen molar-refractivity contribution in [2.45, 2.75) is 39.3 Å². The summed E-state index contributed by atoms with van der Waals surface area (Å²) >= 11 is 1.57. The maximum atomic E-state index is 12.8. The molecule has 0 saturated carbocycles. The van der Waals surface area contributed by atoms with Crippen LogP contribution in [-0.2, 0) is 20.5 Å². The number of thiophene rings is 1. The van der Waals surface area contributed by atoms with Crippen LogP contribution in [0, 0.1) is 18.8 Å². The van der Waals surface area contributed by atoms with E-state index < -0.39 is 21.9 Å². The molecule has 0 aliphatic heterocycles. The smallest absolute Gasteiger partial charge is 0.320 e. The second-order valence-electron chi connectivity index (χ2n) is 7.85. The number of hydrogen-bond acceptors (Lipinski definition) is 5. The van der Waals surface area contributed by atoms with Gasteiger partial charge in [0, 0.05) is 32.5 Å². The van der Waals surface area contributed by atoms with E-state index in [4.69, 9.17) is 0 Å². The molecule has 3 rings (SSSR count). The summed E-state index contributed by atoms with van der Waals surface area (Å²) in [7, 11) is -1.46. The third-order valence-electron chi connectivity index (χ3n) is 4.84. The molecule has 0 aliphatic carbocycles. The second-order valence-corrected chi connectivity index (χ2v) is 10.8. The number of rotatable bonds is 7. The first-order valence-electron chi connectivity index (χ1n) is 11.1. The van der Waals surface area contributed by atoms with E-state index in [0.717, 1.165) is 56.6 Å². The van der Waals surface area contributed by atoms with Crippen molar-refractivity contribution in [1.82, 2.24) is 5.32 Å². The molecule has 9 heteroatoms. The van der Waals surface area contributed by atoms with Crippen LogP contribution in [0.25, 0.3) is 21.2 Å². The first kappa shape index (κ1) is 28.9. The molecule has 0 saturated heterocycles. The highest BCUT2D eigenvalue weighted by Crippen LogP contribution is 2.39. The van der Waals surface area contributed by atoms with E-state index in [-0.39, 0.29) is 6.61 Å². The van der Waals surface area contributed by atoms with E-state index in [1.54, 1.807) is 11.3 Å². The van der Waals surface area contributed by atoms with Crippen LogP contribution in [0.3, 0.4) is 0 Å². The quantitative estimate of drug-likeness (QED) is 0.214. The van der Waals surface area contributed by atoms with E-state index in [0.29, 0.717) is 12.8 Å². The molecule has 2 aromatic carbocycles. The highest BCUT2D eigenvalue weighted by atomic mass is 32.2. The van der Waals surface area contributed by atoms with Gasteiger partial charge in [-0.3, -0.25) is 4.18 Å². The molecule has 35 heavy (non-hydrogen) atoms. The number of nitrogens with one attached hydrogen (secondary N) is 1. The van der Waals surface area contributed by atoms with Gasteiger partial charge in [-0.25, -0.2) is 0 Å². The fourth-order valence-corrected chi connectivity index (χ4v) is 4.81.